The Hall–Kier alpha value is -0.240. The first-order chi connectivity index (χ1) is 9.45. The van der Waals surface area contributed by atoms with Crippen LogP contribution in [0.5, 0.6) is 0 Å². The number of rotatable bonds is 4. The molecule has 112 valence electrons. The van der Waals surface area contributed by atoms with Crippen molar-refractivity contribution in [3.8, 4) is 0 Å². The number of aliphatic hydroxyl groups is 1. The average molecular weight is 392 g/mol. The molecule has 2 rings (SSSR count). The zero-order chi connectivity index (χ0) is 14.8. The van der Waals surface area contributed by atoms with Gasteiger partial charge in [0.05, 0.1) is 0 Å². The van der Waals surface area contributed by atoms with Gasteiger partial charge in [-0.15, -0.1) is 0 Å². The lowest BCUT2D eigenvalue weighted by molar-refractivity contribution is 0.0286. The van der Waals surface area contributed by atoms with E-state index in [4.69, 9.17) is 0 Å². The van der Waals surface area contributed by atoms with Gasteiger partial charge in [0.1, 0.15) is 5.82 Å². The molecule has 1 aliphatic heterocycles. The van der Waals surface area contributed by atoms with Crippen LogP contribution in [-0.4, -0.2) is 42.8 Å². The Morgan fingerprint density at radius 3 is 2.65 bits per heavy atom. The monoisotopic (exact) mass is 392 g/mol. The number of aliphatic hydroxyl groups excluding tert-OH is 1. The molecule has 1 saturated heterocycles. The van der Waals surface area contributed by atoms with E-state index in [2.05, 4.69) is 32.8 Å². The van der Waals surface area contributed by atoms with E-state index in [0.717, 1.165) is 29.7 Å². The van der Waals surface area contributed by atoms with Gasteiger partial charge in [0.15, 0.2) is 0 Å². The minimum absolute atomic E-state index is 0.0342. The molecule has 1 aliphatic rings. The van der Waals surface area contributed by atoms with Crippen molar-refractivity contribution in [1.82, 2.24) is 10.2 Å². The van der Waals surface area contributed by atoms with E-state index in [1.165, 1.54) is 6.07 Å². The fourth-order valence-electron chi connectivity index (χ4n) is 2.86. The standard InChI is InChI=1S/C15H22FIN2O/c1-15(2,10-20)14(19-7-5-18-6-8-19)12-9-11(17)3-4-13(12)16/h3-4,9,14,18,20H,5-8,10H2,1-2H3/t14-/m1/s1. The number of halogens is 2. The van der Waals surface area contributed by atoms with Crippen molar-refractivity contribution >= 4 is 22.6 Å². The van der Waals surface area contributed by atoms with Crippen LogP contribution in [0, 0.1) is 14.8 Å². The predicted molar refractivity (Wildman–Crippen MR) is 87.2 cm³/mol. The van der Waals surface area contributed by atoms with Crippen molar-refractivity contribution in [1.29, 1.82) is 0 Å². The van der Waals surface area contributed by atoms with Crippen LogP contribution < -0.4 is 5.32 Å². The lowest BCUT2D eigenvalue weighted by Gasteiger charge is -2.43. The molecule has 3 nitrogen and oxygen atoms in total. The zero-order valence-electron chi connectivity index (χ0n) is 12.0. The summed E-state index contributed by atoms with van der Waals surface area (Å²) < 4.78 is 15.3. The van der Waals surface area contributed by atoms with E-state index in [-0.39, 0.29) is 23.9 Å². The highest BCUT2D eigenvalue weighted by Crippen LogP contribution is 2.39. The minimum Gasteiger partial charge on any atom is -0.396 e. The molecule has 1 heterocycles. The summed E-state index contributed by atoms with van der Waals surface area (Å²) in [5.41, 5.74) is 0.306. The van der Waals surface area contributed by atoms with Crippen LogP contribution in [0.4, 0.5) is 4.39 Å². The lowest BCUT2D eigenvalue weighted by Crippen LogP contribution is -2.49. The summed E-state index contributed by atoms with van der Waals surface area (Å²) in [6, 6.07) is 5.10. The molecule has 0 bridgehead atoms. The third-order valence-corrected chi connectivity index (χ3v) is 4.59. The van der Waals surface area contributed by atoms with Crippen LogP contribution in [-0.2, 0) is 0 Å². The normalized spacial score (nSPS) is 19.1. The van der Waals surface area contributed by atoms with Gasteiger partial charge in [-0.3, -0.25) is 4.90 Å². The van der Waals surface area contributed by atoms with Crippen LogP contribution >= 0.6 is 22.6 Å². The number of benzene rings is 1. The fourth-order valence-corrected chi connectivity index (χ4v) is 3.38. The van der Waals surface area contributed by atoms with Gasteiger partial charge < -0.3 is 10.4 Å². The van der Waals surface area contributed by atoms with Crippen molar-refractivity contribution in [3.63, 3.8) is 0 Å². The second kappa shape index (κ2) is 6.68. The largest absolute Gasteiger partial charge is 0.396 e. The van der Waals surface area contributed by atoms with E-state index in [1.54, 1.807) is 6.07 Å². The Morgan fingerprint density at radius 2 is 2.05 bits per heavy atom. The number of hydrogen-bond acceptors (Lipinski definition) is 3. The van der Waals surface area contributed by atoms with Crippen molar-refractivity contribution in [2.24, 2.45) is 5.41 Å². The highest BCUT2D eigenvalue weighted by Gasteiger charge is 2.37. The number of nitrogens with zero attached hydrogens (tertiary/aromatic N) is 1. The van der Waals surface area contributed by atoms with Crippen LogP contribution in [0.2, 0.25) is 0 Å². The quantitative estimate of drug-likeness (QED) is 0.773. The van der Waals surface area contributed by atoms with Gasteiger partial charge in [-0.25, -0.2) is 4.39 Å². The average Bonchev–Trinajstić information content (AvgIpc) is 2.44. The Morgan fingerprint density at radius 1 is 1.40 bits per heavy atom. The maximum atomic E-state index is 14.3. The summed E-state index contributed by atoms with van der Waals surface area (Å²) in [7, 11) is 0. The summed E-state index contributed by atoms with van der Waals surface area (Å²) >= 11 is 2.21. The summed E-state index contributed by atoms with van der Waals surface area (Å²) in [4.78, 5) is 2.28. The number of nitrogens with one attached hydrogen (secondary N) is 1. The molecule has 5 heteroatoms. The maximum absolute atomic E-state index is 14.3. The molecule has 0 saturated carbocycles. The third kappa shape index (κ3) is 3.50. The topological polar surface area (TPSA) is 35.5 Å². The summed E-state index contributed by atoms with van der Waals surface area (Å²) in [6.07, 6.45) is 0. The molecule has 1 fully saturated rings. The number of hydrogen-bond donors (Lipinski definition) is 2. The fraction of sp³-hybridized carbons (Fsp3) is 0.600. The molecule has 0 unspecified atom stereocenters. The molecule has 0 aliphatic carbocycles. The zero-order valence-corrected chi connectivity index (χ0v) is 14.2. The first-order valence-electron chi connectivity index (χ1n) is 6.96. The van der Waals surface area contributed by atoms with Crippen molar-refractivity contribution < 1.29 is 9.50 Å². The smallest absolute Gasteiger partial charge is 0.128 e. The molecule has 1 aromatic carbocycles. The van der Waals surface area contributed by atoms with Gasteiger partial charge >= 0.3 is 0 Å². The van der Waals surface area contributed by atoms with Gasteiger partial charge in [-0.1, -0.05) is 13.8 Å². The summed E-state index contributed by atoms with van der Waals surface area (Å²) in [6.45, 7) is 7.59. The Bertz CT molecular complexity index is 461. The molecule has 0 amide bonds. The highest BCUT2D eigenvalue weighted by molar-refractivity contribution is 14.1. The van der Waals surface area contributed by atoms with E-state index in [1.807, 2.05) is 19.9 Å². The second-order valence-electron chi connectivity index (χ2n) is 6.00. The lowest BCUT2D eigenvalue weighted by atomic mass is 9.79. The van der Waals surface area contributed by atoms with Crippen LogP contribution in [0.3, 0.4) is 0 Å². The van der Waals surface area contributed by atoms with Gasteiger partial charge in [-0.2, -0.15) is 0 Å². The minimum atomic E-state index is -0.386. The summed E-state index contributed by atoms with van der Waals surface area (Å²) in [5.74, 6) is -0.185. The molecule has 0 radical (unpaired) electrons. The van der Waals surface area contributed by atoms with E-state index >= 15 is 0 Å². The van der Waals surface area contributed by atoms with E-state index < -0.39 is 0 Å². The molecule has 20 heavy (non-hydrogen) atoms. The first kappa shape index (κ1) is 16.1. The van der Waals surface area contributed by atoms with E-state index in [9.17, 15) is 9.50 Å². The van der Waals surface area contributed by atoms with Crippen LogP contribution in [0.15, 0.2) is 18.2 Å². The summed E-state index contributed by atoms with van der Waals surface area (Å²) in [5, 5.41) is 13.1. The highest BCUT2D eigenvalue weighted by atomic mass is 127. The van der Waals surface area contributed by atoms with Gasteiger partial charge in [0.25, 0.3) is 0 Å². The van der Waals surface area contributed by atoms with Gasteiger partial charge in [0, 0.05) is 53.4 Å². The Kier molecular flexibility index (Phi) is 5.39. The van der Waals surface area contributed by atoms with Crippen LogP contribution in [0.25, 0.3) is 0 Å². The number of piperazine rings is 1. The maximum Gasteiger partial charge on any atom is 0.128 e. The molecular formula is C15H22FIN2O. The molecule has 1 atom stereocenters. The van der Waals surface area contributed by atoms with E-state index in [0.29, 0.717) is 5.56 Å². The molecule has 2 N–H and O–H groups in total. The van der Waals surface area contributed by atoms with Crippen LogP contribution in [0.1, 0.15) is 25.5 Å². The molecular weight excluding hydrogens is 370 g/mol. The molecule has 0 spiro atoms. The van der Waals surface area contributed by atoms with Crippen molar-refractivity contribution in [2.45, 2.75) is 19.9 Å². The van der Waals surface area contributed by atoms with Gasteiger partial charge in [0.2, 0.25) is 0 Å². The Labute approximate surface area is 133 Å². The molecule has 0 aromatic heterocycles. The second-order valence-corrected chi connectivity index (χ2v) is 7.25. The Balaban J connectivity index is 2.42. The van der Waals surface area contributed by atoms with Crippen molar-refractivity contribution in [3.05, 3.63) is 33.1 Å². The first-order valence-corrected chi connectivity index (χ1v) is 8.04. The van der Waals surface area contributed by atoms with Crippen molar-refractivity contribution in [2.75, 3.05) is 32.8 Å². The SMILES string of the molecule is CC(C)(CO)[C@@H](c1cc(I)ccc1F)N1CCNCC1. The molecule has 1 aromatic rings. The predicted octanol–water partition coefficient (Wildman–Crippen LogP) is 2.40. The van der Waals surface area contributed by atoms with Gasteiger partial charge in [-0.05, 0) is 40.8 Å². The third-order valence-electron chi connectivity index (χ3n) is 3.92.